The van der Waals surface area contributed by atoms with Crippen LogP contribution in [0.4, 0.5) is 0 Å². The highest BCUT2D eigenvalue weighted by molar-refractivity contribution is 5.97. The van der Waals surface area contributed by atoms with Crippen LogP contribution < -0.4 is 4.74 Å². The molecule has 0 amide bonds. The Labute approximate surface area is 183 Å². The van der Waals surface area contributed by atoms with Gasteiger partial charge in [0.25, 0.3) is 0 Å². The molecule has 0 fully saturated rings. The molecule has 162 valence electrons. The number of ether oxygens (including phenoxy) is 4. The molecule has 0 aromatic heterocycles. The molecular formula is C26H28O5. The third kappa shape index (κ3) is 8.72. The van der Waals surface area contributed by atoms with Gasteiger partial charge in [-0.3, -0.25) is 4.79 Å². The van der Waals surface area contributed by atoms with Crippen LogP contribution in [-0.4, -0.2) is 39.0 Å². The monoisotopic (exact) mass is 420 g/mol. The minimum atomic E-state index is 0.123. The Balaban J connectivity index is 1.20. The topological polar surface area (TPSA) is 54.0 Å². The maximum atomic E-state index is 12.3. The standard InChI is InChI=1S/C26H28O5/c27-26(24-7-3-1-4-8-24)19-22-11-13-23(14-12-22)20-29-17-15-28-16-18-30-21-31-25-9-5-2-6-10-25/h1-14H,15-21H2. The predicted octanol–water partition coefficient (Wildman–Crippen LogP) is 4.70. The summed E-state index contributed by atoms with van der Waals surface area (Å²) in [4.78, 5) is 12.3. The molecule has 0 aliphatic carbocycles. The summed E-state index contributed by atoms with van der Waals surface area (Å²) in [5.74, 6) is 0.907. The Kier molecular flexibility index (Phi) is 9.76. The Hall–Kier alpha value is -2.99. The van der Waals surface area contributed by atoms with Gasteiger partial charge in [0.1, 0.15) is 5.75 Å². The van der Waals surface area contributed by atoms with Gasteiger partial charge < -0.3 is 18.9 Å². The van der Waals surface area contributed by atoms with E-state index in [2.05, 4.69) is 0 Å². The van der Waals surface area contributed by atoms with Gasteiger partial charge in [0, 0.05) is 12.0 Å². The van der Waals surface area contributed by atoms with Crippen LogP contribution in [0.25, 0.3) is 0 Å². The molecule has 3 rings (SSSR count). The van der Waals surface area contributed by atoms with E-state index in [1.807, 2.05) is 84.9 Å². The number of rotatable bonds is 14. The van der Waals surface area contributed by atoms with Crippen molar-refractivity contribution in [2.45, 2.75) is 13.0 Å². The van der Waals surface area contributed by atoms with Crippen LogP contribution in [0.1, 0.15) is 21.5 Å². The van der Waals surface area contributed by atoms with Gasteiger partial charge in [0.2, 0.25) is 0 Å². The summed E-state index contributed by atoms with van der Waals surface area (Å²) in [6, 6.07) is 26.8. The van der Waals surface area contributed by atoms with E-state index in [-0.39, 0.29) is 12.6 Å². The molecule has 0 unspecified atom stereocenters. The number of hydrogen-bond acceptors (Lipinski definition) is 5. The van der Waals surface area contributed by atoms with E-state index in [1.54, 1.807) is 0 Å². The molecule has 3 aromatic carbocycles. The zero-order valence-corrected chi connectivity index (χ0v) is 17.6. The van der Waals surface area contributed by atoms with Crippen molar-refractivity contribution in [3.05, 3.63) is 102 Å². The van der Waals surface area contributed by atoms with Crippen LogP contribution in [0.15, 0.2) is 84.9 Å². The van der Waals surface area contributed by atoms with Crippen molar-refractivity contribution < 1.29 is 23.7 Å². The number of benzene rings is 3. The van der Waals surface area contributed by atoms with Gasteiger partial charge in [-0.2, -0.15) is 0 Å². The molecule has 5 heteroatoms. The van der Waals surface area contributed by atoms with Crippen molar-refractivity contribution >= 4 is 5.78 Å². The Bertz CT molecular complexity index is 879. The second kappa shape index (κ2) is 13.3. The third-order valence-corrected chi connectivity index (χ3v) is 4.55. The van der Waals surface area contributed by atoms with Gasteiger partial charge in [-0.1, -0.05) is 72.8 Å². The highest BCUT2D eigenvalue weighted by Crippen LogP contribution is 2.10. The van der Waals surface area contributed by atoms with Crippen LogP contribution in [0.2, 0.25) is 0 Å². The summed E-state index contributed by atoms with van der Waals surface area (Å²) in [5.41, 5.74) is 2.80. The van der Waals surface area contributed by atoms with Crippen molar-refractivity contribution in [3.63, 3.8) is 0 Å². The normalized spacial score (nSPS) is 10.7. The van der Waals surface area contributed by atoms with Crippen molar-refractivity contribution in [2.24, 2.45) is 0 Å². The van der Waals surface area contributed by atoms with E-state index in [4.69, 9.17) is 18.9 Å². The first kappa shape index (κ1) is 22.7. The van der Waals surface area contributed by atoms with E-state index in [1.165, 1.54) is 0 Å². The summed E-state index contributed by atoms with van der Waals surface area (Å²) >= 11 is 0. The van der Waals surface area contributed by atoms with Crippen LogP contribution in [0, 0.1) is 0 Å². The fourth-order valence-corrected chi connectivity index (χ4v) is 2.88. The van der Waals surface area contributed by atoms with E-state index in [0.717, 1.165) is 22.4 Å². The minimum Gasteiger partial charge on any atom is -0.468 e. The highest BCUT2D eigenvalue weighted by atomic mass is 16.7. The van der Waals surface area contributed by atoms with Crippen LogP contribution in [0.5, 0.6) is 5.75 Å². The van der Waals surface area contributed by atoms with Gasteiger partial charge in [-0.25, -0.2) is 0 Å². The third-order valence-electron chi connectivity index (χ3n) is 4.55. The first-order chi connectivity index (χ1) is 15.3. The second-order valence-electron chi connectivity index (χ2n) is 6.93. The molecule has 0 aliphatic rings. The quantitative estimate of drug-likeness (QED) is 0.215. The van der Waals surface area contributed by atoms with Gasteiger partial charge >= 0.3 is 0 Å². The lowest BCUT2D eigenvalue weighted by atomic mass is 10.0. The van der Waals surface area contributed by atoms with Crippen molar-refractivity contribution in [2.75, 3.05) is 33.2 Å². The number of ketones is 1. The van der Waals surface area contributed by atoms with Crippen LogP contribution in [-0.2, 0) is 27.2 Å². The Morgan fingerprint density at radius 3 is 1.90 bits per heavy atom. The number of carbonyl (C=O) groups excluding carboxylic acids is 1. The largest absolute Gasteiger partial charge is 0.468 e. The first-order valence-electron chi connectivity index (χ1n) is 10.4. The van der Waals surface area contributed by atoms with Crippen molar-refractivity contribution in [3.8, 4) is 5.75 Å². The molecule has 31 heavy (non-hydrogen) atoms. The van der Waals surface area contributed by atoms with Crippen LogP contribution in [0.3, 0.4) is 0 Å². The Morgan fingerprint density at radius 1 is 0.613 bits per heavy atom. The van der Waals surface area contributed by atoms with Crippen molar-refractivity contribution in [1.29, 1.82) is 0 Å². The smallest absolute Gasteiger partial charge is 0.189 e. The molecule has 0 N–H and O–H groups in total. The van der Waals surface area contributed by atoms with Crippen molar-refractivity contribution in [1.82, 2.24) is 0 Å². The molecule has 0 spiro atoms. The molecular weight excluding hydrogens is 392 g/mol. The SMILES string of the molecule is O=C(Cc1ccc(COCCOCCOCOc2ccccc2)cc1)c1ccccc1. The fourth-order valence-electron chi connectivity index (χ4n) is 2.88. The molecule has 0 saturated carbocycles. The summed E-state index contributed by atoms with van der Waals surface area (Å²) in [7, 11) is 0. The van der Waals surface area contributed by atoms with E-state index in [9.17, 15) is 4.79 Å². The summed E-state index contributed by atoms with van der Waals surface area (Å²) in [6.07, 6.45) is 0.400. The molecule has 0 radical (unpaired) electrons. The van der Waals surface area contributed by atoms with Gasteiger partial charge in [-0.05, 0) is 23.3 Å². The fraction of sp³-hybridized carbons (Fsp3) is 0.269. The Morgan fingerprint density at radius 2 is 1.19 bits per heavy atom. The maximum absolute atomic E-state index is 12.3. The van der Waals surface area contributed by atoms with E-state index in [0.29, 0.717) is 39.5 Å². The molecule has 0 heterocycles. The lowest BCUT2D eigenvalue weighted by Gasteiger charge is -2.08. The van der Waals surface area contributed by atoms with Gasteiger partial charge in [0.05, 0.1) is 33.0 Å². The first-order valence-corrected chi connectivity index (χ1v) is 10.4. The predicted molar refractivity (Wildman–Crippen MR) is 119 cm³/mol. The van der Waals surface area contributed by atoms with Crippen LogP contribution >= 0.6 is 0 Å². The summed E-state index contributed by atoms with van der Waals surface area (Å²) in [6.45, 7) is 2.69. The molecule has 5 nitrogen and oxygen atoms in total. The van der Waals surface area contributed by atoms with E-state index < -0.39 is 0 Å². The average molecular weight is 421 g/mol. The van der Waals surface area contributed by atoms with E-state index >= 15 is 0 Å². The number of hydrogen-bond donors (Lipinski definition) is 0. The highest BCUT2D eigenvalue weighted by Gasteiger charge is 2.06. The molecule has 0 bridgehead atoms. The summed E-state index contributed by atoms with van der Waals surface area (Å²) in [5, 5.41) is 0. The molecule has 0 aliphatic heterocycles. The van der Waals surface area contributed by atoms with Gasteiger partial charge in [-0.15, -0.1) is 0 Å². The maximum Gasteiger partial charge on any atom is 0.189 e. The molecule has 0 atom stereocenters. The number of carbonyl (C=O) groups is 1. The number of Topliss-reactive ketones (excluding diaryl/α,β-unsaturated/α-hetero) is 1. The number of para-hydroxylation sites is 1. The lowest BCUT2D eigenvalue weighted by molar-refractivity contribution is -0.0278. The van der Waals surface area contributed by atoms with Gasteiger partial charge in [0.15, 0.2) is 12.6 Å². The second-order valence-corrected chi connectivity index (χ2v) is 6.93. The zero-order valence-electron chi connectivity index (χ0n) is 17.6. The molecule has 3 aromatic rings. The average Bonchev–Trinajstić information content (AvgIpc) is 2.82. The minimum absolute atomic E-state index is 0.123. The zero-order chi connectivity index (χ0) is 21.6. The summed E-state index contributed by atoms with van der Waals surface area (Å²) < 4.78 is 21.9. The lowest BCUT2D eigenvalue weighted by Crippen LogP contribution is -2.11. The molecule has 0 saturated heterocycles.